The number of nitrogens with one attached hydrogen (secondary N) is 2. The number of aromatic amines is 1. The number of nitrogens with zero attached hydrogens (tertiary/aromatic N) is 5. The third kappa shape index (κ3) is 3.15. The van der Waals surface area contributed by atoms with Crippen LogP contribution < -0.4 is 10.2 Å². The fourth-order valence-electron chi connectivity index (χ4n) is 3.67. The molecule has 1 fully saturated rings. The number of anilines is 1. The molecule has 27 heavy (non-hydrogen) atoms. The number of carbonyl (C=O) groups is 1. The van der Waals surface area contributed by atoms with Gasteiger partial charge >= 0.3 is 0 Å². The van der Waals surface area contributed by atoms with Gasteiger partial charge in [-0.3, -0.25) is 9.89 Å². The van der Waals surface area contributed by atoms with Crippen LogP contribution in [-0.2, 0) is 13.0 Å². The molecule has 3 aromatic rings. The lowest BCUT2D eigenvalue weighted by atomic mass is 10.1. The van der Waals surface area contributed by atoms with Gasteiger partial charge in [0.15, 0.2) is 5.69 Å². The lowest BCUT2D eigenvalue weighted by molar-refractivity contribution is 0.0739. The lowest BCUT2D eigenvalue weighted by Crippen LogP contribution is -2.49. The van der Waals surface area contributed by atoms with Gasteiger partial charge in [0, 0.05) is 56.9 Å². The minimum Gasteiger partial charge on any atom is -0.352 e. The average Bonchev–Trinajstić information content (AvgIpc) is 3.34. The smallest absolute Gasteiger partial charge is 0.274 e. The number of hydrogen-bond donors (Lipinski definition) is 2. The summed E-state index contributed by atoms with van der Waals surface area (Å²) < 4.78 is 1.11. The number of rotatable bonds is 2. The maximum atomic E-state index is 12.9. The molecule has 1 amide bonds. The zero-order valence-corrected chi connectivity index (χ0v) is 16.3. The molecule has 5 heterocycles. The minimum absolute atomic E-state index is 0. The first kappa shape index (κ1) is 18.1. The molecule has 0 aromatic carbocycles. The van der Waals surface area contributed by atoms with Crippen LogP contribution >= 0.6 is 23.7 Å². The molecule has 0 spiro atoms. The Morgan fingerprint density at radius 2 is 2.04 bits per heavy atom. The molecule has 2 N–H and O–H groups in total. The largest absolute Gasteiger partial charge is 0.352 e. The molecule has 0 unspecified atom stereocenters. The van der Waals surface area contributed by atoms with E-state index in [9.17, 15) is 4.79 Å². The Morgan fingerprint density at radius 3 is 2.89 bits per heavy atom. The van der Waals surface area contributed by atoms with Crippen molar-refractivity contribution in [2.45, 2.75) is 13.0 Å². The van der Waals surface area contributed by atoms with E-state index in [2.05, 4.69) is 30.4 Å². The van der Waals surface area contributed by atoms with Gasteiger partial charge in [-0.15, -0.1) is 23.7 Å². The van der Waals surface area contributed by atoms with Crippen molar-refractivity contribution in [3.8, 4) is 0 Å². The second-order valence-electron chi connectivity index (χ2n) is 6.57. The highest BCUT2D eigenvalue weighted by atomic mass is 35.5. The Labute approximate surface area is 166 Å². The zero-order valence-electron chi connectivity index (χ0n) is 14.6. The minimum atomic E-state index is 0. The van der Waals surface area contributed by atoms with Crippen molar-refractivity contribution >= 4 is 45.7 Å². The quantitative estimate of drug-likeness (QED) is 0.670. The Balaban J connectivity index is 0.00000180. The normalized spacial score (nSPS) is 16.9. The van der Waals surface area contributed by atoms with E-state index >= 15 is 0 Å². The molecule has 5 rings (SSSR count). The second kappa shape index (κ2) is 7.41. The van der Waals surface area contributed by atoms with Gasteiger partial charge in [0.2, 0.25) is 0 Å². The Bertz CT molecular complexity index is 963. The van der Waals surface area contributed by atoms with E-state index in [0.717, 1.165) is 53.3 Å². The summed E-state index contributed by atoms with van der Waals surface area (Å²) in [5.74, 6) is 0.994. The molecule has 3 aromatic heterocycles. The number of piperazine rings is 1. The maximum absolute atomic E-state index is 12.9. The van der Waals surface area contributed by atoms with E-state index in [0.29, 0.717) is 25.3 Å². The van der Waals surface area contributed by atoms with E-state index in [1.165, 1.54) is 0 Å². The molecule has 142 valence electrons. The SMILES string of the molecule is Cl.O=C(c1n[nH]c2c1CNCC2)N1CCN(c2ncnc3ccsc23)CC1. The van der Waals surface area contributed by atoms with Crippen molar-refractivity contribution in [1.82, 2.24) is 30.4 Å². The Kier molecular flexibility index (Phi) is 4.98. The lowest BCUT2D eigenvalue weighted by Gasteiger charge is -2.35. The first-order chi connectivity index (χ1) is 12.8. The number of carbonyl (C=O) groups excluding carboxylic acids is 1. The van der Waals surface area contributed by atoms with E-state index in [1.807, 2.05) is 16.3 Å². The van der Waals surface area contributed by atoms with Gasteiger partial charge in [-0.05, 0) is 11.4 Å². The predicted octanol–water partition coefficient (Wildman–Crippen LogP) is 1.44. The second-order valence-corrected chi connectivity index (χ2v) is 7.48. The van der Waals surface area contributed by atoms with Gasteiger partial charge < -0.3 is 15.1 Å². The summed E-state index contributed by atoms with van der Waals surface area (Å²) >= 11 is 1.66. The molecule has 2 aliphatic heterocycles. The molecule has 0 atom stereocenters. The van der Waals surface area contributed by atoms with E-state index < -0.39 is 0 Å². The van der Waals surface area contributed by atoms with Gasteiger partial charge in [-0.2, -0.15) is 5.10 Å². The summed E-state index contributed by atoms with van der Waals surface area (Å²) in [6.45, 7) is 4.51. The van der Waals surface area contributed by atoms with Crippen LogP contribution in [0, 0.1) is 0 Å². The highest BCUT2D eigenvalue weighted by Gasteiger charge is 2.28. The fourth-order valence-corrected chi connectivity index (χ4v) is 4.54. The fraction of sp³-hybridized carbons (Fsp3) is 0.412. The molecule has 0 aliphatic carbocycles. The van der Waals surface area contributed by atoms with Gasteiger partial charge in [0.1, 0.15) is 12.1 Å². The Hall–Kier alpha value is -2.23. The summed E-state index contributed by atoms with van der Waals surface area (Å²) in [5.41, 5.74) is 3.67. The number of halogens is 1. The molecule has 0 radical (unpaired) electrons. The summed E-state index contributed by atoms with van der Waals surface area (Å²) in [6.07, 6.45) is 2.51. The van der Waals surface area contributed by atoms with Crippen molar-refractivity contribution in [2.24, 2.45) is 0 Å². The molecule has 0 saturated carbocycles. The van der Waals surface area contributed by atoms with Gasteiger partial charge in [0.25, 0.3) is 5.91 Å². The van der Waals surface area contributed by atoms with E-state index in [1.54, 1.807) is 17.7 Å². The molecule has 10 heteroatoms. The van der Waals surface area contributed by atoms with Crippen LogP contribution in [0.15, 0.2) is 17.8 Å². The molecule has 2 aliphatic rings. The van der Waals surface area contributed by atoms with Crippen molar-refractivity contribution in [3.63, 3.8) is 0 Å². The number of amides is 1. The van der Waals surface area contributed by atoms with E-state index in [-0.39, 0.29) is 18.3 Å². The maximum Gasteiger partial charge on any atom is 0.274 e. The summed E-state index contributed by atoms with van der Waals surface area (Å²) in [5, 5.41) is 12.7. The molecule has 1 saturated heterocycles. The highest BCUT2D eigenvalue weighted by Crippen LogP contribution is 2.28. The highest BCUT2D eigenvalue weighted by molar-refractivity contribution is 7.17. The molecular formula is C17H20ClN7OS. The Morgan fingerprint density at radius 1 is 1.19 bits per heavy atom. The molecule has 0 bridgehead atoms. The van der Waals surface area contributed by atoms with Crippen LogP contribution in [0.25, 0.3) is 10.2 Å². The van der Waals surface area contributed by atoms with Crippen LogP contribution in [0.5, 0.6) is 0 Å². The zero-order chi connectivity index (χ0) is 17.5. The number of fused-ring (bicyclic) bond motifs is 2. The van der Waals surface area contributed by atoms with Gasteiger partial charge in [0.05, 0.1) is 10.2 Å². The number of aromatic nitrogens is 4. The topological polar surface area (TPSA) is 90.0 Å². The average molecular weight is 406 g/mol. The van der Waals surface area contributed by atoms with Crippen molar-refractivity contribution < 1.29 is 4.79 Å². The van der Waals surface area contributed by atoms with Crippen LogP contribution in [0.3, 0.4) is 0 Å². The standard InChI is InChI=1S/C17H19N7OS.ClH/c25-17(14-11-9-18-3-1-12(11)21-22-14)24-6-4-23(5-7-24)16-15-13(2-8-26-15)19-10-20-16;/h2,8,10,18H,1,3-7,9H2,(H,21,22);1H. The van der Waals surface area contributed by atoms with Crippen LogP contribution in [0.1, 0.15) is 21.7 Å². The molecular weight excluding hydrogens is 386 g/mol. The summed E-state index contributed by atoms with van der Waals surface area (Å²) in [4.78, 5) is 25.8. The van der Waals surface area contributed by atoms with Gasteiger partial charge in [-0.25, -0.2) is 9.97 Å². The first-order valence-electron chi connectivity index (χ1n) is 8.80. The monoisotopic (exact) mass is 405 g/mol. The predicted molar refractivity (Wildman–Crippen MR) is 107 cm³/mol. The van der Waals surface area contributed by atoms with Crippen LogP contribution in [0.2, 0.25) is 0 Å². The first-order valence-corrected chi connectivity index (χ1v) is 9.68. The summed E-state index contributed by atoms with van der Waals surface area (Å²) in [6, 6.07) is 2.01. The van der Waals surface area contributed by atoms with E-state index in [4.69, 9.17) is 0 Å². The third-order valence-corrected chi connectivity index (χ3v) is 6.00. The summed E-state index contributed by atoms with van der Waals surface area (Å²) in [7, 11) is 0. The number of hydrogen-bond acceptors (Lipinski definition) is 7. The number of H-pyrrole nitrogens is 1. The van der Waals surface area contributed by atoms with Crippen molar-refractivity contribution in [1.29, 1.82) is 0 Å². The van der Waals surface area contributed by atoms with Crippen molar-refractivity contribution in [2.75, 3.05) is 37.6 Å². The van der Waals surface area contributed by atoms with Crippen LogP contribution in [-0.4, -0.2) is 63.7 Å². The molecule has 8 nitrogen and oxygen atoms in total. The van der Waals surface area contributed by atoms with Crippen LogP contribution in [0.4, 0.5) is 5.82 Å². The van der Waals surface area contributed by atoms with Crippen molar-refractivity contribution in [3.05, 3.63) is 34.7 Å². The third-order valence-electron chi connectivity index (χ3n) is 5.10. The number of thiophene rings is 1. The van der Waals surface area contributed by atoms with Gasteiger partial charge in [-0.1, -0.05) is 0 Å².